The molecule has 0 fully saturated rings. The highest BCUT2D eigenvalue weighted by Crippen LogP contribution is 1.96. The Labute approximate surface area is 115 Å². The maximum absolute atomic E-state index is 11.5. The molecule has 0 aromatic heterocycles. The van der Waals surface area contributed by atoms with Crippen LogP contribution in [0, 0.1) is 0 Å². The van der Waals surface area contributed by atoms with Gasteiger partial charge < -0.3 is 24.3 Å². The molecule has 0 saturated heterocycles. The molecule has 1 unspecified atom stereocenters. The van der Waals surface area contributed by atoms with Crippen molar-refractivity contribution in [2.45, 2.75) is 25.8 Å². The molecule has 19 heavy (non-hydrogen) atoms. The van der Waals surface area contributed by atoms with E-state index in [9.17, 15) is 4.79 Å². The van der Waals surface area contributed by atoms with Crippen LogP contribution in [0.5, 0.6) is 0 Å². The molecule has 1 N–H and O–H groups in total. The fourth-order valence-electron chi connectivity index (χ4n) is 1.45. The Morgan fingerprint density at radius 1 is 1.11 bits per heavy atom. The van der Waals surface area contributed by atoms with Crippen molar-refractivity contribution in [1.82, 2.24) is 5.32 Å². The van der Waals surface area contributed by atoms with E-state index in [1.165, 1.54) is 0 Å². The summed E-state index contributed by atoms with van der Waals surface area (Å²) in [7, 11) is 3.41. The highest BCUT2D eigenvalue weighted by Gasteiger charge is 2.16. The van der Waals surface area contributed by atoms with E-state index in [0.29, 0.717) is 46.1 Å². The third-order valence-corrected chi connectivity index (χ3v) is 2.48. The van der Waals surface area contributed by atoms with Gasteiger partial charge in [-0.25, -0.2) is 0 Å². The van der Waals surface area contributed by atoms with Crippen LogP contribution in [0.15, 0.2) is 0 Å². The minimum absolute atomic E-state index is 0.232. The lowest BCUT2D eigenvalue weighted by Crippen LogP contribution is -2.36. The first kappa shape index (κ1) is 18.3. The molecule has 0 amide bonds. The first-order chi connectivity index (χ1) is 9.26. The minimum Gasteiger partial charge on any atom is -0.465 e. The van der Waals surface area contributed by atoms with Crippen molar-refractivity contribution in [3.63, 3.8) is 0 Å². The van der Waals surface area contributed by atoms with Crippen molar-refractivity contribution in [3.8, 4) is 0 Å². The van der Waals surface area contributed by atoms with Crippen molar-refractivity contribution in [2.75, 3.05) is 53.8 Å². The average Bonchev–Trinajstić information content (AvgIpc) is 2.41. The first-order valence-electron chi connectivity index (χ1n) is 6.74. The number of esters is 1. The predicted molar refractivity (Wildman–Crippen MR) is 72.2 cm³/mol. The Morgan fingerprint density at radius 3 is 2.37 bits per heavy atom. The van der Waals surface area contributed by atoms with Gasteiger partial charge >= 0.3 is 5.97 Å². The molecule has 0 saturated carbocycles. The molecule has 0 aromatic carbocycles. The van der Waals surface area contributed by atoms with Gasteiger partial charge in [-0.1, -0.05) is 0 Å². The number of ether oxygens (including phenoxy) is 4. The Balaban J connectivity index is 3.38. The van der Waals surface area contributed by atoms with Gasteiger partial charge in [-0.15, -0.1) is 0 Å². The summed E-state index contributed by atoms with van der Waals surface area (Å²) in [4.78, 5) is 11.5. The van der Waals surface area contributed by atoms with Gasteiger partial charge in [0.25, 0.3) is 0 Å². The first-order valence-corrected chi connectivity index (χ1v) is 6.74. The van der Waals surface area contributed by atoms with Crippen LogP contribution >= 0.6 is 0 Å². The average molecular weight is 277 g/mol. The topological polar surface area (TPSA) is 66.0 Å². The number of hydrogen-bond acceptors (Lipinski definition) is 6. The summed E-state index contributed by atoms with van der Waals surface area (Å²) in [5.41, 5.74) is 0. The van der Waals surface area contributed by atoms with Crippen LogP contribution in [0.4, 0.5) is 0 Å². The zero-order valence-electron chi connectivity index (χ0n) is 12.3. The van der Waals surface area contributed by atoms with Crippen LogP contribution in [0.3, 0.4) is 0 Å². The molecular weight excluding hydrogens is 250 g/mol. The summed E-state index contributed by atoms with van der Waals surface area (Å²) in [5.74, 6) is -0.232. The second-order valence-corrected chi connectivity index (χ2v) is 3.95. The fourth-order valence-corrected chi connectivity index (χ4v) is 1.45. The number of nitrogens with one attached hydrogen (secondary N) is 1. The zero-order chi connectivity index (χ0) is 14.3. The van der Waals surface area contributed by atoms with E-state index >= 15 is 0 Å². The van der Waals surface area contributed by atoms with Gasteiger partial charge in [0, 0.05) is 26.9 Å². The van der Waals surface area contributed by atoms with Crippen LogP contribution < -0.4 is 5.32 Å². The molecule has 0 spiro atoms. The third-order valence-electron chi connectivity index (χ3n) is 2.48. The lowest BCUT2D eigenvalue weighted by Gasteiger charge is -2.14. The van der Waals surface area contributed by atoms with Gasteiger partial charge in [-0.2, -0.15) is 0 Å². The molecule has 0 aliphatic heterocycles. The maximum Gasteiger partial charge on any atom is 0.323 e. The molecule has 6 nitrogen and oxygen atoms in total. The van der Waals surface area contributed by atoms with Crippen molar-refractivity contribution < 1.29 is 23.7 Å². The summed E-state index contributed by atoms with van der Waals surface area (Å²) in [5, 5.41) is 2.91. The van der Waals surface area contributed by atoms with Gasteiger partial charge in [-0.3, -0.25) is 4.79 Å². The molecule has 114 valence electrons. The van der Waals surface area contributed by atoms with Crippen molar-refractivity contribution in [2.24, 2.45) is 0 Å². The monoisotopic (exact) mass is 277 g/mol. The number of likely N-dealkylation sites (N-methyl/N-ethyl adjacent to an activating group) is 1. The predicted octanol–water partition coefficient (Wildman–Crippen LogP) is 0.597. The van der Waals surface area contributed by atoms with E-state index in [0.717, 1.165) is 6.42 Å². The molecule has 0 radical (unpaired) electrons. The quantitative estimate of drug-likeness (QED) is 0.393. The molecule has 0 bridgehead atoms. The number of carbonyl (C=O) groups excluding carboxylic acids is 1. The summed E-state index contributed by atoms with van der Waals surface area (Å²) in [6.07, 6.45) is 1.49. The Bertz CT molecular complexity index is 213. The SMILES string of the molecule is CCOC(=O)C(CCOCCOCCCOC)NC. The largest absolute Gasteiger partial charge is 0.465 e. The fraction of sp³-hybridized carbons (Fsp3) is 0.923. The molecular formula is C13H27NO5. The second kappa shape index (κ2) is 13.7. The van der Waals surface area contributed by atoms with E-state index in [1.54, 1.807) is 21.1 Å². The second-order valence-electron chi connectivity index (χ2n) is 3.95. The van der Waals surface area contributed by atoms with Gasteiger partial charge in [0.1, 0.15) is 6.04 Å². The Morgan fingerprint density at radius 2 is 1.79 bits per heavy atom. The van der Waals surface area contributed by atoms with Gasteiger partial charge in [0.05, 0.1) is 19.8 Å². The lowest BCUT2D eigenvalue weighted by molar-refractivity contribution is -0.146. The molecule has 6 heteroatoms. The van der Waals surface area contributed by atoms with E-state index in [1.807, 2.05) is 0 Å². The van der Waals surface area contributed by atoms with E-state index in [-0.39, 0.29) is 12.0 Å². The molecule has 1 atom stereocenters. The lowest BCUT2D eigenvalue weighted by atomic mass is 10.2. The van der Waals surface area contributed by atoms with Crippen molar-refractivity contribution >= 4 is 5.97 Å². The Hall–Kier alpha value is -0.690. The van der Waals surface area contributed by atoms with E-state index in [4.69, 9.17) is 18.9 Å². The van der Waals surface area contributed by atoms with Crippen LogP contribution in [-0.2, 0) is 23.7 Å². The highest BCUT2D eigenvalue weighted by molar-refractivity contribution is 5.75. The highest BCUT2D eigenvalue weighted by atomic mass is 16.5. The smallest absolute Gasteiger partial charge is 0.323 e. The van der Waals surface area contributed by atoms with Gasteiger partial charge in [0.2, 0.25) is 0 Å². The maximum atomic E-state index is 11.5. The number of rotatable bonds is 13. The number of hydrogen-bond donors (Lipinski definition) is 1. The normalized spacial score (nSPS) is 12.4. The Kier molecular flexibility index (Phi) is 13.2. The van der Waals surface area contributed by atoms with E-state index in [2.05, 4.69) is 5.32 Å². The molecule has 0 aliphatic rings. The van der Waals surface area contributed by atoms with Gasteiger partial charge in [0.15, 0.2) is 0 Å². The summed E-state index contributed by atoms with van der Waals surface area (Å²) in [6.45, 7) is 5.18. The molecule has 0 heterocycles. The van der Waals surface area contributed by atoms with Crippen molar-refractivity contribution in [3.05, 3.63) is 0 Å². The van der Waals surface area contributed by atoms with Crippen LogP contribution in [0.25, 0.3) is 0 Å². The summed E-state index contributed by atoms with van der Waals surface area (Å²) in [6, 6.07) is -0.303. The molecule has 0 aromatic rings. The summed E-state index contributed by atoms with van der Waals surface area (Å²) >= 11 is 0. The van der Waals surface area contributed by atoms with Crippen molar-refractivity contribution in [1.29, 1.82) is 0 Å². The third kappa shape index (κ3) is 10.9. The van der Waals surface area contributed by atoms with Crippen LogP contribution in [-0.4, -0.2) is 65.8 Å². The zero-order valence-corrected chi connectivity index (χ0v) is 12.3. The molecule has 0 rings (SSSR count). The van der Waals surface area contributed by atoms with E-state index < -0.39 is 0 Å². The van der Waals surface area contributed by atoms with Gasteiger partial charge in [-0.05, 0) is 26.8 Å². The molecule has 0 aliphatic carbocycles. The van der Waals surface area contributed by atoms with Crippen LogP contribution in [0.2, 0.25) is 0 Å². The number of carbonyl (C=O) groups is 1. The summed E-state index contributed by atoms with van der Waals surface area (Å²) < 4.78 is 20.6. The van der Waals surface area contributed by atoms with Crippen LogP contribution in [0.1, 0.15) is 19.8 Å². The minimum atomic E-state index is -0.303. The number of methoxy groups -OCH3 is 1. The standard InChI is InChI=1S/C13H27NO5/c1-4-19-13(15)12(14-2)6-9-18-11-10-17-8-5-7-16-3/h12,14H,4-11H2,1-3H3.